The third kappa shape index (κ3) is 4.39. The van der Waals surface area contributed by atoms with Gasteiger partial charge in [-0.05, 0) is 80.9 Å². The molecule has 1 amide bonds. The number of halogens is 3. The van der Waals surface area contributed by atoms with Crippen LogP contribution in [0, 0.1) is 23.6 Å². The molecule has 1 aliphatic heterocycles. The van der Waals surface area contributed by atoms with Crippen LogP contribution in [0.4, 0.5) is 10.1 Å². The summed E-state index contributed by atoms with van der Waals surface area (Å²) >= 11 is 7.69. The first-order chi connectivity index (χ1) is 14.9. The maximum Gasteiger partial charge on any atom is 0.225 e. The molecule has 4 saturated carbocycles. The van der Waals surface area contributed by atoms with Crippen LogP contribution >= 0.6 is 35.8 Å². The highest BCUT2D eigenvalue weighted by Gasteiger charge is 2.52. The lowest BCUT2D eigenvalue weighted by Crippen LogP contribution is -2.52. The summed E-state index contributed by atoms with van der Waals surface area (Å²) in [4.78, 5) is 22.0. The summed E-state index contributed by atoms with van der Waals surface area (Å²) in [5.74, 6) is 2.60. The van der Waals surface area contributed by atoms with Gasteiger partial charge in [0.05, 0.1) is 11.2 Å². The van der Waals surface area contributed by atoms with E-state index in [0.717, 1.165) is 35.9 Å². The quantitative estimate of drug-likeness (QED) is 0.472. The number of hydrogen-bond acceptors (Lipinski definition) is 3. The molecule has 1 unspecified atom stereocenters. The minimum absolute atomic E-state index is 0. The Morgan fingerprint density at radius 1 is 1.25 bits per heavy atom. The molecule has 6 rings (SSSR count). The van der Waals surface area contributed by atoms with Gasteiger partial charge in [-0.15, -0.1) is 12.4 Å². The van der Waals surface area contributed by atoms with Crippen molar-refractivity contribution in [1.29, 1.82) is 0 Å². The maximum atomic E-state index is 14.8. The summed E-state index contributed by atoms with van der Waals surface area (Å²) in [6.07, 6.45) is 8.56. The Morgan fingerprint density at radius 3 is 2.41 bits per heavy atom. The van der Waals surface area contributed by atoms with Gasteiger partial charge < -0.3 is 4.90 Å². The highest BCUT2D eigenvalue weighted by Crippen LogP contribution is 2.57. The summed E-state index contributed by atoms with van der Waals surface area (Å²) in [5.41, 5.74) is 0.379. The van der Waals surface area contributed by atoms with E-state index in [4.69, 9.17) is 16.6 Å². The number of benzene rings is 1. The monoisotopic (exact) mass is 499 g/mol. The Labute approximate surface area is 205 Å². The van der Waals surface area contributed by atoms with Gasteiger partial charge in [0.25, 0.3) is 0 Å². The van der Waals surface area contributed by atoms with Gasteiger partial charge in [0.15, 0.2) is 5.17 Å². The number of amides is 1. The van der Waals surface area contributed by atoms with Crippen LogP contribution in [-0.2, 0) is 4.79 Å². The molecule has 1 aromatic rings. The van der Waals surface area contributed by atoms with E-state index >= 15 is 0 Å². The zero-order valence-electron chi connectivity index (χ0n) is 18.7. The van der Waals surface area contributed by atoms with Gasteiger partial charge in [-0.25, -0.2) is 4.39 Å². The van der Waals surface area contributed by atoms with Crippen LogP contribution in [0.25, 0.3) is 0 Å². The van der Waals surface area contributed by atoms with Gasteiger partial charge in [-0.1, -0.05) is 30.3 Å². The maximum absolute atomic E-state index is 14.8. The van der Waals surface area contributed by atoms with E-state index in [-0.39, 0.29) is 30.0 Å². The van der Waals surface area contributed by atoms with Gasteiger partial charge in [0.1, 0.15) is 12.0 Å². The molecule has 4 nitrogen and oxygen atoms in total. The van der Waals surface area contributed by atoms with E-state index in [1.54, 1.807) is 28.8 Å². The van der Waals surface area contributed by atoms with E-state index < -0.39 is 5.82 Å². The molecule has 0 N–H and O–H groups in total. The Bertz CT molecular complexity index is 876. The molecule has 5 aliphatic rings. The first-order valence-electron chi connectivity index (χ1n) is 11.6. The highest BCUT2D eigenvalue weighted by atomic mass is 35.5. The molecule has 4 bridgehead atoms. The Balaban J connectivity index is 0.00000245. The standard InChI is InChI=1S/C24H31ClFN3OS.ClH/c1-3-6-28-22(29(15(2)30)21-5-4-19(25)10-20(21)26)14-31-23(28)27-24-11-16-7-17(12-24)9-18(8-16)13-24;/h4-5,10,16-18,22H,3,6-9,11-14H2,1-2H3;1H. The Morgan fingerprint density at radius 2 is 1.88 bits per heavy atom. The van der Waals surface area contributed by atoms with Crippen LogP contribution in [0.1, 0.15) is 58.8 Å². The molecule has 32 heavy (non-hydrogen) atoms. The van der Waals surface area contributed by atoms with Crippen LogP contribution in [0.5, 0.6) is 0 Å². The number of aliphatic imine (C=N–C) groups is 1. The predicted molar refractivity (Wildman–Crippen MR) is 133 cm³/mol. The summed E-state index contributed by atoms with van der Waals surface area (Å²) < 4.78 is 14.8. The third-order valence-electron chi connectivity index (χ3n) is 7.58. The fourth-order valence-electron chi connectivity index (χ4n) is 6.87. The smallest absolute Gasteiger partial charge is 0.225 e. The van der Waals surface area contributed by atoms with Gasteiger partial charge in [-0.2, -0.15) is 0 Å². The van der Waals surface area contributed by atoms with Crippen molar-refractivity contribution in [2.45, 2.75) is 70.5 Å². The average molecular weight is 501 g/mol. The molecule has 1 aromatic carbocycles. The SMILES string of the molecule is CCCN1C(=NC23CC4CC(CC(C4)C2)C3)SCC1N(C(C)=O)c1ccc(Cl)cc1F.Cl. The van der Waals surface area contributed by atoms with Crippen molar-refractivity contribution in [3.05, 3.63) is 29.0 Å². The second kappa shape index (κ2) is 9.34. The lowest BCUT2D eigenvalue weighted by molar-refractivity contribution is -0.117. The zero-order valence-corrected chi connectivity index (χ0v) is 21.1. The lowest BCUT2D eigenvalue weighted by atomic mass is 9.53. The fraction of sp³-hybridized carbons (Fsp3) is 0.667. The number of hydrogen-bond donors (Lipinski definition) is 0. The second-order valence-corrected chi connectivity index (χ2v) is 11.4. The number of nitrogens with zero attached hydrogens (tertiary/aromatic N) is 3. The predicted octanol–water partition coefficient (Wildman–Crippen LogP) is 6.36. The molecule has 0 spiro atoms. The summed E-state index contributed by atoms with van der Waals surface area (Å²) in [6.45, 7) is 4.46. The molecule has 4 aliphatic carbocycles. The first-order valence-corrected chi connectivity index (χ1v) is 13.0. The molecule has 1 saturated heterocycles. The molecule has 1 heterocycles. The van der Waals surface area contributed by atoms with E-state index in [9.17, 15) is 9.18 Å². The highest BCUT2D eigenvalue weighted by molar-refractivity contribution is 8.14. The van der Waals surface area contributed by atoms with Crippen LogP contribution in [-0.4, -0.2) is 40.0 Å². The number of amidine groups is 1. The van der Waals surface area contributed by atoms with Crippen LogP contribution in [0.2, 0.25) is 5.02 Å². The number of carbonyl (C=O) groups is 1. The number of rotatable bonds is 5. The minimum atomic E-state index is -0.462. The Hall–Kier alpha value is -0.980. The number of carbonyl (C=O) groups excluding carboxylic acids is 1. The summed E-state index contributed by atoms with van der Waals surface area (Å²) in [7, 11) is 0. The lowest BCUT2D eigenvalue weighted by Gasteiger charge is -2.55. The number of anilines is 1. The molecular formula is C24H32Cl2FN3OS. The second-order valence-electron chi connectivity index (χ2n) is 10.0. The van der Waals surface area contributed by atoms with Crippen LogP contribution in [0.15, 0.2) is 23.2 Å². The normalized spacial score (nSPS) is 34.1. The van der Waals surface area contributed by atoms with Crippen molar-refractivity contribution in [1.82, 2.24) is 4.90 Å². The molecule has 176 valence electrons. The van der Waals surface area contributed by atoms with Crippen LogP contribution < -0.4 is 4.90 Å². The van der Waals surface area contributed by atoms with E-state index in [0.29, 0.717) is 16.5 Å². The number of thioether (sulfide) groups is 1. The first kappa shape index (κ1) is 24.2. The molecule has 0 radical (unpaired) electrons. The van der Waals surface area contributed by atoms with E-state index in [2.05, 4.69) is 11.8 Å². The third-order valence-corrected chi connectivity index (χ3v) is 8.86. The Kier molecular flexibility index (Phi) is 7.05. The summed E-state index contributed by atoms with van der Waals surface area (Å²) in [6, 6.07) is 4.54. The van der Waals surface area contributed by atoms with Crippen molar-refractivity contribution >= 4 is 52.5 Å². The van der Waals surface area contributed by atoms with Crippen molar-refractivity contribution in [3.63, 3.8) is 0 Å². The van der Waals surface area contributed by atoms with Gasteiger partial charge in [0.2, 0.25) is 5.91 Å². The van der Waals surface area contributed by atoms with Crippen molar-refractivity contribution < 1.29 is 9.18 Å². The largest absolute Gasteiger partial charge is 0.330 e. The van der Waals surface area contributed by atoms with Crippen molar-refractivity contribution in [2.75, 3.05) is 17.2 Å². The molecule has 5 fully saturated rings. The van der Waals surface area contributed by atoms with Crippen LogP contribution in [0.3, 0.4) is 0 Å². The van der Waals surface area contributed by atoms with Crippen molar-refractivity contribution in [2.24, 2.45) is 22.7 Å². The average Bonchev–Trinajstić information content (AvgIpc) is 3.04. The van der Waals surface area contributed by atoms with Gasteiger partial charge in [0, 0.05) is 24.2 Å². The summed E-state index contributed by atoms with van der Waals surface area (Å²) in [5, 5.41) is 1.38. The minimum Gasteiger partial charge on any atom is -0.330 e. The topological polar surface area (TPSA) is 35.9 Å². The molecular weight excluding hydrogens is 468 g/mol. The van der Waals surface area contributed by atoms with E-state index in [1.807, 2.05) is 0 Å². The molecule has 8 heteroatoms. The van der Waals surface area contributed by atoms with Gasteiger partial charge >= 0.3 is 0 Å². The van der Waals surface area contributed by atoms with E-state index in [1.165, 1.54) is 51.5 Å². The van der Waals surface area contributed by atoms with Crippen molar-refractivity contribution in [3.8, 4) is 0 Å². The zero-order chi connectivity index (χ0) is 21.8. The fourth-order valence-corrected chi connectivity index (χ4v) is 8.29. The van der Waals surface area contributed by atoms with Gasteiger partial charge in [-0.3, -0.25) is 14.7 Å². The molecule has 0 aromatic heterocycles. The molecule has 1 atom stereocenters.